The van der Waals surface area contributed by atoms with Crippen LogP contribution >= 0.6 is 0 Å². The van der Waals surface area contributed by atoms with Crippen LogP contribution in [0.4, 0.5) is 0 Å². The number of hydrogen-bond acceptors (Lipinski definition) is 4. The first kappa shape index (κ1) is 30.6. The van der Waals surface area contributed by atoms with Crippen molar-refractivity contribution in [2.24, 2.45) is 9.98 Å². The Morgan fingerprint density at radius 2 is 1.00 bits per heavy atom. The Bertz CT molecular complexity index is 2790. The molecule has 8 aromatic rings. The van der Waals surface area contributed by atoms with Crippen molar-refractivity contribution in [2.45, 2.75) is 11.6 Å². The van der Waals surface area contributed by atoms with Gasteiger partial charge in [0.25, 0.3) is 0 Å². The average Bonchev–Trinajstić information content (AvgIpc) is 3.54. The molecule has 0 fully saturated rings. The standard InChI is InChI=1S/C50H33N3O/c1-2-13-32(14-3-1)34-25-28-35(29-26-34)47-51-48(37-30-27-33-15-4-5-16-36(33)31-37)53-49(52-47)39-18-12-22-43-46(39)38-17-6-7-19-40(38)50(43)41-20-8-10-23-44(41)54-45-24-11-9-21-42(45)50/h1-31,48H,(H,51,52,53). The van der Waals surface area contributed by atoms with Crippen LogP contribution < -0.4 is 10.1 Å². The molecular weight excluding hydrogens is 659 g/mol. The van der Waals surface area contributed by atoms with E-state index in [0.717, 1.165) is 56.6 Å². The molecule has 0 bridgehead atoms. The molecule has 1 unspecified atom stereocenters. The zero-order valence-electron chi connectivity index (χ0n) is 29.3. The largest absolute Gasteiger partial charge is 0.457 e. The van der Waals surface area contributed by atoms with Gasteiger partial charge in [0.2, 0.25) is 0 Å². The summed E-state index contributed by atoms with van der Waals surface area (Å²) in [6.07, 6.45) is -0.444. The van der Waals surface area contributed by atoms with Gasteiger partial charge in [-0.15, -0.1) is 0 Å². The molecule has 2 aliphatic heterocycles. The van der Waals surface area contributed by atoms with Gasteiger partial charge in [0, 0.05) is 22.3 Å². The molecule has 0 aromatic heterocycles. The summed E-state index contributed by atoms with van der Waals surface area (Å²) in [6, 6.07) is 66.6. The zero-order valence-corrected chi connectivity index (χ0v) is 29.3. The van der Waals surface area contributed by atoms with Gasteiger partial charge in [-0.2, -0.15) is 0 Å². The predicted octanol–water partition coefficient (Wildman–Crippen LogP) is 11.5. The van der Waals surface area contributed by atoms with Crippen molar-refractivity contribution in [3.8, 4) is 33.8 Å². The Balaban J connectivity index is 1.11. The molecule has 254 valence electrons. The van der Waals surface area contributed by atoms with Crippen molar-refractivity contribution >= 4 is 22.4 Å². The van der Waals surface area contributed by atoms with E-state index in [-0.39, 0.29) is 0 Å². The van der Waals surface area contributed by atoms with Crippen LogP contribution in [0.15, 0.2) is 198 Å². The predicted molar refractivity (Wildman–Crippen MR) is 219 cm³/mol. The summed E-state index contributed by atoms with van der Waals surface area (Å²) in [4.78, 5) is 10.7. The number of fused-ring (bicyclic) bond motifs is 10. The lowest BCUT2D eigenvalue weighted by atomic mass is 9.66. The normalized spacial score (nSPS) is 15.9. The maximum atomic E-state index is 6.58. The summed E-state index contributed by atoms with van der Waals surface area (Å²) in [6.45, 7) is 0. The van der Waals surface area contributed by atoms with Gasteiger partial charge in [-0.1, -0.05) is 170 Å². The Hall–Kier alpha value is -7.04. The Morgan fingerprint density at radius 3 is 1.78 bits per heavy atom. The SMILES string of the molecule is c1ccc(-c2ccc(C3=NC(c4ccc5ccccc5c4)N=C(c4cccc5c4-c4ccccc4C54c5ccccc5Oc5ccccc54)N3)cc2)cc1. The van der Waals surface area contributed by atoms with Crippen LogP contribution in [0, 0.1) is 0 Å². The minimum atomic E-state index is -0.565. The molecule has 3 aliphatic rings. The highest BCUT2D eigenvalue weighted by molar-refractivity contribution is 6.19. The fourth-order valence-electron chi connectivity index (χ4n) is 8.80. The van der Waals surface area contributed by atoms with Crippen molar-refractivity contribution in [3.63, 3.8) is 0 Å². The van der Waals surface area contributed by atoms with E-state index in [4.69, 9.17) is 14.7 Å². The number of hydrogen-bond donors (Lipinski definition) is 1. The van der Waals surface area contributed by atoms with Gasteiger partial charge in [-0.05, 0) is 67.9 Å². The van der Waals surface area contributed by atoms with Crippen LogP contribution in [0.3, 0.4) is 0 Å². The molecule has 0 amide bonds. The maximum absolute atomic E-state index is 6.58. The van der Waals surface area contributed by atoms with Crippen LogP contribution in [0.5, 0.6) is 11.5 Å². The Kier molecular flexibility index (Phi) is 6.80. The molecule has 1 atom stereocenters. The number of aliphatic imine (C=N–C) groups is 2. The monoisotopic (exact) mass is 691 g/mol. The van der Waals surface area contributed by atoms with E-state index in [1.165, 1.54) is 38.6 Å². The molecule has 1 aliphatic carbocycles. The minimum Gasteiger partial charge on any atom is -0.457 e. The zero-order chi connectivity index (χ0) is 35.6. The van der Waals surface area contributed by atoms with Gasteiger partial charge in [-0.25, -0.2) is 9.98 Å². The second-order valence-electron chi connectivity index (χ2n) is 14.1. The Morgan fingerprint density at radius 1 is 0.426 bits per heavy atom. The van der Waals surface area contributed by atoms with E-state index in [1.807, 2.05) is 6.07 Å². The maximum Gasteiger partial charge on any atom is 0.169 e. The smallest absolute Gasteiger partial charge is 0.169 e. The Labute approximate surface area is 313 Å². The van der Waals surface area contributed by atoms with Gasteiger partial charge in [-0.3, -0.25) is 0 Å². The molecule has 54 heavy (non-hydrogen) atoms. The summed E-state index contributed by atoms with van der Waals surface area (Å²) in [5, 5.41) is 6.11. The first-order valence-corrected chi connectivity index (χ1v) is 18.4. The molecular formula is C50H33N3O. The fourth-order valence-corrected chi connectivity index (χ4v) is 8.80. The van der Waals surface area contributed by atoms with Crippen LogP contribution in [-0.2, 0) is 5.41 Å². The van der Waals surface area contributed by atoms with Crippen molar-refractivity contribution in [1.82, 2.24) is 5.32 Å². The highest BCUT2D eigenvalue weighted by Crippen LogP contribution is 2.62. The number of rotatable bonds is 4. The van der Waals surface area contributed by atoms with Gasteiger partial charge >= 0.3 is 0 Å². The summed E-state index contributed by atoms with van der Waals surface area (Å²) in [7, 11) is 0. The lowest BCUT2D eigenvalue weighted by Gasteiger charge is -2.39. The van der Waals surface area contributed by atoms with E-state index >= 15 is 0 Å². The molecule has 1 N–H and O–H groups in total. The van der Waals surface area contributed by atoms with Crippen LogP contribution in [0.2, 0.25) is 0 Å². The number of para-hydroxylation sites is 2. The summed E-state index contributed by atoms with van der Waals surface area (Å²) in [5.74, 6) is 3.34. The van der Waals surface area contributed by atoms with Gasteiger partial charge in [0.1, 0.15) is 23.2 Å². The number of amidine groups is 2. The molecule has 4 heteroatoms. The molecule has 8 aromatic carbocycles. The van der Waals surface area contributed by atoms with Crippen molar-refractivity contribution in [1.29, 1.82) is 0 Å². The third kappa shape index (κ3) is 4.56. The fraction of sp³-hybridized carbons (Fsp3) is 0.0400. The van der Waals surface area contributed by atoms with Crippen LogP contribution in [0.25, 0.3) is 33.0 Å². The summed E-state index contributed by atoms with van der Waals surface area (Å²) in [5.41, 5.74) is 12.0. The minimum absolute atomic E-state index is 0.444. The van der Waals surface area contributed by atoms with E-state index in [1.54, 1.807) is 0 Å². The molecule has 0 radical (unpaired) electrons. The van der Waals surface area contributed by atoms with Gasteiger partial charge < -0.3 is 10.1 Å². The highest BCUT2D eigenvalue weighted by Gasteiger charge is 2.51. The molecule has 1 spiro atoms. The van der Waals surface area contributed by atoms with Crippen molar-refractivity contribution < 1.29 is 4.74 Å². The average molecular weight is 692 g/mol. The van der Waals surface area contributed by atoms with Gasteiger partial charge in [0.05, 0.1) is 5.41 Å². The topological polar surface area (TPSA) is 46.0 Å². The number of nitrogens with zero attached hydrogens (tertiary/aromatic N) is 2. The first-order chi connectivity index (χ1) is 26.8. The highest BCUT2D eigenvalue weighted by atomic mass is 16.5. The summed E-state index contributed by atoms with van der Waals surface area (Å²) < 4.78 is 6.58. The third-order valence-corrected chi connectivity index (χ3v) is 11.2. The first-order valence-electron chi connectivity index (χ1n) is 18.4. The van der Waals surface area contributed by atoms with E-state index in [0.29, 0.717) is 0 Å². The lowest BCUT2D eigenvalue weighted by molar-refractivity contribution is 0.436. The van der Waals surface area contributed by atoms with Crippen molar-refractivity contribution in [3.05, 3.63) is 227 Å². The second-order valence-corrected chi connectivity index (χ2v) is 14.1. The van der Waals surface area contributed by atoms with E-state index in [2.05, 4.69) is 187 Å². The second kappa shape index (κ2) is 12.0. The van der Waals surface area contributed by atoms with Crippen molar-refractivity contribution in [2.75, 3.05) is 0 Å². The van der Waals surface area contributed by atoms with Gasteiger partial charge in [0.15, 0.2) is 6.17 Å². The molecule has 0 saturated heterocycles. The van der Waals surface area contributed by atoms with Crippen LogP contribution in [-0.4, -0.2) is 11.7 Å². The lowest BCUT2D eigenvalue weighted by Crippen LogP contribution is -2.36. The number of benzene rings is 8. The third-order valence-electron chi connectivity index (χ3n) is 11.2. The number of nitrogens with one attached hydrogen (secondary N) is 1. The summed E-state index contributed by atoms with van der Waals surface area (Å²) >= 11 is 0. The molecule has 0 saturated carbocycles. The molecule has 11 rings (SSSR count). The quantitative estimate of drug-likeness (QED) is 0.200. The number of ether oxygens (including phenoxy) is 1. The van der Waals surface area contributed by atoms with E-state index < -0.39 is 11.6 Å². The molecule has 4 nitrogen and oxygen atoms in total. The van der Waals surface area contributed by atoms with Crippen LogP contribution in [0.1, 0.15) is 45.1 Å². The van der Waals surface area contributed by atoms with E-state index in [9.17, 15) is 0 Å². The molecule has 2 heterocycles.